The zero-order chi connectivity index (χ0) is 13.9. The van der Waals surface area contributed by atoms with Gasteiger partial charge >= 0.3 is 5.91 Å². The highest BCUT2D eigenvalue weighted by atomic mass is 16.5. The standard InChI is InChI=1S/C16H11NO3/c18-13-9-5-4-8-12(13)10-14-15(19)17-16(20-14)11-6-2-1-3-7-11/h1-10,18H/b14-10+. The normalized spacial score (nSPS) is 16.1. The van der Waals surface area contributed by atoms with Crippen LogP contribution in [0.5, 0.6) is 5.75 Å². The van der Waals surface area contributed by atoms with E-state index in [9.17, 15) is 9.90 Å². The zero-order valence-corrected chi connectivity index (χ0v) is 10.5. The van der Waals surface area contributed by atoms with E-state index < -0.39 is 5.91 Å². The highest BCUT2D eigenvalue weighted by Gasteiger charge is 2.24. The lowest BCUT2D eigenvalue weighted by molar-refractivity contribution is -0.115. The Morgan fingerprint density at radius 2 is 1.70 bits per heavy atom. The molecule has 0 spiro atoms. The third kappa shape index (κ3) is 2.31. The van der Waals surface area contributed by atoms with Crippen molar-refractivity contribution < 1.29 is 14.6 Å². The number of carbonyl (C=O) groups excluding carboxylic acids is 1. The Bertz CT molecular complexity index is 718. The van der Waals surface area contributed by atoms with Crippen molar-refractivity contribution in [3.63, 3.8) is 0 Å². The smallest absolute Gasteiger partial charge is 0.316 e. The molecule has 1 aliphatic rings. The summed E-state index contributed by atoms with van der Waals surface area (Å²) >= 11 is 0. The fourth-order valence-corrected chi connectivity index (χ4v) is 1.86. The highest BCUT2D eigenvalue weighted by Crippen LogP contribution is 2.23. The van der Waals surface area contributed by atoms with Crippen molar-refractivity contribution in [1.82, 2.24) is 0 Å². The topological polar surface area (TPSA) is 58.9 Å². The van der Waals surface area contributed by atoms with Crippen LogP contribution >= 0.6 is 0 Å². The van der Waals surface area contributed by atoms with E-state index >= 15 is 0 Å². The van der Waals surface area contributed by atoms with E-state index in [1.807, 2.05) is 30.3 Å². The summed E-state index contributed by atoms with van der Waals surface area (Å²) < 4.78 is 5.47. The number of phenols is 1. The summed E-state index contributed by atoms with van der Waals surface area (Å²) in [6.07, 6.45) is 1.48. The molecule has 0 aromatic heterocycles. The van der Waals surface area contributed by atoms with Crippen LogP contribution in [-0.2, 0) is 9.53 Å². The van der Waals surface area contributed by atoms with Crippen LogP contribution in [0.1, 0.15) is 11.1 Å². The van der Waals surface area contributed by atoms with Gasteiger partial charge in [0.2, 0.25) is 5.90 Å². The summed E-state index contributed by atoms with van der Waals surface area (Å²) in [5, 5.41) is 9.69. The number of nitrogens with zero attached hydrogens (tertiary/aromatic N) is 1. The van der Waals surface area contributed by atoms with Crippen molar-refractivity contribution in [3.05, 3.63) is 71.5 Å². The fraction of sp³-hybridized carbons (Fsp3) is 0. The van der Waals surface area contributed by atoms with Crippen LogP contribution in [0.15, 0.2) is 65.3 Å². The highest BCUT2D eigenvalue weighted by molar-refractivity contribution is 6.14. The van der Waals surface area contributed by atoms with E-state index in [1.54, 1.807) is 24.3 Å². The number of amides is 1. The first kappa shape index (κ1) is 12.2. The number of para-hydroxylation sites is 1. The average molecular weight is 265 g/mol. The van der Waals surface area contributed by atoms with Gasteiger partial charge in [-0.2, -0.15) is 4.99 Å². The number of benzene rings is 2. The number of aromatic hydroxyl groups is 1. The average Bonchev–Trinajstić information content (AvgIpc) is 2.84. The van der Waals surface area contributed by atoms with Gasteiger partial charge in [-0.3, -0.25) is 4.79 Å². The van der Waals surface area contributed by atoms with Gasteiger partial charge in [0.1, 0.15) is 5.75 Å². The molecule has 0 saturated heterocycles. The van der Waals surface area contributed by atoms with Gasteiger partial charge in [-0.15, -0.1) is 0 Å². The number of aliphatic imine (C=N–C) groups is 1. The summed E-state index contributed by atoms with van der Waals surface area (Å²) in [6.45, 7) is 0. The summed E-state index contributed by atoms with van der Waals surface area (Å²) in [6, 6.07) is 15.9. The quantitative estimate of drug-likeness (QED) is 0.849. The molecule has 0 unspecified atom stereocenters. The Hall–Kier alpha value is -2.88. The van der Waals surface area contributed by atoms with Crippen LogP contribution in [0, 0.1) is 0 Å². The maximum atomic E-state index is 11.8. The van der Waals surface area contributed by atoms with Gasteiger partial charge in [-0.25, -0.2) is 0 Å². The van der Waals surface area contributed by atoms with Crippen LogP contribution in [0.3, 0.4) is 0 Å². The molecule has 2 aromatic rings. The minimum atomic E-state index is -0.452. The van der Waals surface area contributed by atoms with Crippen molar-refractivity contribution >= 4 is 17.9 Å². The largest absolute Gasteiger partial charge is 0.507 e. The van der Waals surface area contributed by atoms with E-state index in [1.165, 1.54) is 6.08 Å². The Labute approximate surface area is 115 Å². The van der Waals surface area contributed by atoms with Gasteiger partial charge < -0.3 is 9.84 Å². The molecule has 0 fully saturated rings. The summed E-state index contributed by atoms with van der Waals surface area (Å²) in [4.78, 5) is 15.7. The van der Waals surface area contributed by atoms with Crippen LogP contribution < -0.4 is 0 Å². The number of hydrogen-bond acceptors (Lipinski definition) is 3. The Kier molecular flexibility index (Phi) is 3.05. The van der Waals surface area contributed by atoms with Gasteiger partial charge in [-0.05, 0) is 24.3 Å². The Morgan fingerprint density at radius 1 is 1.00 bits per heavy atom. The predicted molar refractivity (Wildman–Crippen MR) is 75.2 cm³/mol. The molecule has 4 heteroatoms. The molecule has 98 valence electrons. The molecule has 0 aliphatic carbocycles. The molecular weight excluding hydrogens is 254 g/mol. The minimum Gasteiger partial charge on any atom is -0.507 e. The number of rotatable bonds is 2. The van der Waals surface area contributed by atoms with Gasteiger partial charge in [-0.1, -0.05) is 36.4 Å². The summed E-state index contributed by atoms with van der Waals surface area (Å²) in [7, 11) is 0. The first-order valence-corrected chi connectivity index (χ1v) is 6.10. The van der Waals surface area contributed by atoms with E-state index in [0.717, 1.165) is 5.56 Å². The number of phenolic OH excluding ortho intramolecular Hbond substituents is 1. The summed E-state index contributed by atoms with van der Waals surface area (Å²) in [5.74, 6) is 0.0132. The number of ether oxygens (including phenoxy) is 1. The van der Waals surface area contributed by atoms with Crippen molar-refractivity contribution in [3.8, 4) is 5.75 Å². The van der Waals surface area contributed by atoms with Gasteiger partial charge in [0.05, 0.1) is 0 Å². The lowest BCUT2D eigenvalue weighted by Crippen LogP contribution is -2.00. The van der Waals surface area contributed by atoms with Gasteiger partial charge in [0, 0.05) is 11.1 Å². The molecule has 4 nitrogen and oxygen atoms in total. The molecule has 0 bridgehead atoms. The van der Waals surface area contributed by atoms with Crippen molar-refractivity contribution in [2.24, 2.45) is 4.99 Å². The molecule has 0 saturated carbocycles. The lowest BCUT2D eigenvalue weighted by atomic mass is 10.2. The monoisotopic (exact) mass is 265 g/mol. The van der Waals surface area contributed by atoms with Gasteiger partial charge in [0.15, 0.2) is 5.76 Å². The molecule has 3 rings (SSSR count). The molecule has 1 N–H and O–H groups in total. The molecule has 1 aliphatic heterocycles. The number of hydrogen-bond donors (Lipinski definition) is 1. The molecular formula is C16H11NO3. The Balaban J connectivity index is 1.90. The third-order valence-electron chi connectivity index (χ3n) is 2.86. The van der Waals surface area contributed by atoms with Crippen molar-refractivity contribution in [2.75, 3.05) is 0 Å². The van der Waals surface area contributed by atoms with Crippen LogP contribution in [0.2, 0.25) is 0 Å². The maximum absolute atomic E-state index is 11.8. The van der Waals surface area contributed by atoms with Gasteiger partial charge in [0.25, 0.3) is 0 Å². The second-order valence-electron chi connectivity index (χ2n) is 4.26. The molecule has 0 atom stereocenters. The lowest BCUT2D eigenvalue weighted by Gasteiger charge is -2.02. The first-order chi connectivity index (χ1) is 9.74. The minimum absolute atomic E-state index is 0.0876. The van der Waals surface area contributed by atoms with E-state index in [2.05, 4.69) is 4.99 Å². The first-order valence-electron chi connectivity index (χ1n) is 6.10. The van der Waals surface area contributed by atoms with E-state index in [-0.39, 0.29) is 17.4 Å². The molecule has 1 amide bonds. The van der Waals surface area contributed by atoms with Crippen molar-refractivity contribution in [1.29, 1.82) is 0 Å². The molecule has 1 heterocycles. The van der Waals surface area contributed by atoms with Crippen LogP contribution in [0.25, 0.3) is 6.08 Å². The van der Waals surface area contributed by atoms with Crippen LogP contribution in [-0.4, -0.2) is 16.9 Å². The molecule has 2 aromatic carbocycles. The summed E-state index contributed by atoms with van der Waals surface area (Å²) in [5.41, 5.74) is 1.25. The second kappa shape index (κ2) is 5.01. The Morgan fingerprint density at radius 3 is 2.45 bits per heavy atom. The predicted octanol–water partition coefficient (Wildman–Crippen LogP) is 2.74. The third-order valence-corrected chi connectivity index (χ3v) is 2.86. The maximum Gasteiger partial charge on any atom is 0.316 e. The number of carbonyl (C=O) groups is 1. The molecule has 20 heavy (non-hydrogen) atoms. The van der Waals surface area contributed by atoms with E-state index in [4.69, 9.17) is 4.74 Å². The van der Waals surface area contributed by atoms with E-state index in [0.29, 0.717) is 5.56 Å². The van der Waals surface area contributed by atoms with Crippen molar-refractivity contribution in [2.45, 2.75) is 0 Å². The fourth-order valence-electron chi connectivity index (χ4n) is 1.86. The zero-order valence-electron chi connectivity index (χ0n) is 10.5. The SMILES string of the molecule is O=C1N=C(c2ccccc2)O/C1=C/c1ccccc1O. The second-order valence-corrected chi connectivity index (χ2v) is 4.26. The molecule has 0 radical (unpaired) electrons. The van der Waals surface area contributed by atoms with Crippen LogP contribution in [0.4, 0.5) is 0 Å².